The number of nitrogens with two attached hydrogens (primary N) is 1. The Hall–Kier alpha value is -1.75. The lowest BCUT2D eigenvalue weighted by atomic mass is 10.1. The van der Waals surface area contributed by atoms with Crippen molar-refractivity contribution in [1.82, 2.24) is 4.90 Å². The van der Waals surface area contributed by atoms with E-state index in [1.54, 1.807) is 24.3 Å². The molecule has 0 atom stereocenters. The number of Topliss-reactive ketones (excluding diaryl/α,β-unsaturated/α-hetero) is 1. The molecule has 0 aliphatic carbocycles. The van der Waals surface area contributed by atoms with Gasteiger partial charge in [-0.3, -0.25) is 14.5 Å². The summed E-state index contributed by atoms with van der Waals surface area (Å²) in [5.74, 6) is -0.199. The van der Waals surface area contributed by atoms with Crippen molar-refractivity contribution in [1.29, 1.82) is 0 Å². The first-order chi connectivity index (χ1) is 7.15. The predicted octanol–water partition coefficient (Wildman–Crippen LogP) is 0.571. The fourth-order valence-electron chi connectivity index (χ4n) is 1.04. The van der Waals surface area contributed by atoms with Gasteiger partial charge in [-0.2, -0.15) is 0 Å². The van der Waals surface area contributed by atoms with Gasteiger partial charge in [-0.05, 0) is 12.2 Å². The monoisotopic (exact) mass is 222 g/mol. The standard InChI is InChI=1S/C10H10N2O2S/c11-10(15)12(7-13)6-9(14)8-4-2-1-3-5-8/h1-5,7H,6H2,(H2,11,15). The Labute approximate surface area is 92.7 Å². The summed E-state index contributed by atoms with van der Waals surface area (Å²) >= 11 is 4.60. The normalized spacial score (nSPS) is 9.33. The van der Waals surface area contributed by atoms with Gasteiger partial charge in [0.25, 0.3) is 0 Å². The summed E-state index contributed by atoms with van der Waals surface area (Å²) in [7, 11) is 0. The summed E-state index contributed by atoms with van der Waals surface area (Å²) in [4.78, 5) is 23.1. The van der Waals surface area contributed by atoms with Crippen molar-refractivity contribution in [2.24, 2.45) is 5.73 Å². The summed E-state index contributed by atoms with van der Waals surface area (Å²) in [5.41, 5.74) is 5.78. The van der Waals surface area contributed by atoms with Crippen molar-refractivity contribution in [3.63, 3.8) is 0 Å². The largest absolute Gasteiger partial charge is 0.376 e. The number of hydrogen-bond acceptors (Lipinski definition) is 3. The molecule has 1 rings (SSSR count). The van der Waals surface area contributed by atoms with Gasteiger partial charge in [-0.1, -0.05) is 30.3 Å². The lowest BCUT2D eigenvalue weighted by Gasteiger charge is -2.13. The molecular weight excluding hydrogens is 212 g/mol. The van der Waals surface area contributed by atoms with E-state index in [4.69, 9.17) is 5.73 Å². The van der Waals surface area contributed by atoms with E-state index in [2.05, 4.69) is 12.2 Å². The van der Waals surface area contributed by atoms with E-state index in [0.717, 1.165) is 4.90 Å². The number of carbonyl (C=O) groups is 2. The summed E-state index contributed by atoms with van der Waals surface area (Å²) in [6, 6.07) is 8.65. The Morgan fingerprint density at radius 2 is 2.00 bits per heavy atom. The van der Waals surface area contributed by atoms with Crippen LogP contribution in [0.15, 0.2) is 30.3 Å². The average Bonchev–Trinajstić information content (AvgIpc) is 2.26. The topological polar surface area (TPSA) is 63.4 Å². The molecule has 5 heteroatoms. The fourth-order valence-corrected chi connectivity index (χ4v) is 1.14. The highest BCUT2D eigenvalue weighted by atomic mass is 32.1. The Morgan fingerprint density at radius 3 is 2.47 bits per heavy atom. The molecule has 1 amide bonds. The highest BCUT2D eigenvalue weighted by Crippen LogP contribution is 2.00. The molecule has 0 unspecified atom stereocenters. The predicted molar refractivity (Wildman–Crippen MR) is 60.3 cm³/mol. The van der Waals surface area contributed by atoms with Crippen LogP contribution in [0.25, 0.3) is 0 Å². The van der Waals surface area contributed by atoms with Gasteiger partial charge in [0.05, 0.1) is 6.54 Å². The SMILES string of the molecule is NC(=S)N(C=O)CC(=O)c1ccccc1. The van der Waals surface area contributed by atoms with Crippen molar-refractivity contribution >= 4 is 29.5 Å². The third-order valence-electron chi connectivity index (χ3n) is 1.82. The van der Waals surface area contributed by atoms with Crippen molar-refractivity contribution in [2.45, 2.75) is 0 Å². The van der Waals surface area contributed by atoms with Crippen LogP contribution in [0, 0.1) is 0 Å². The van der Waals surface area contributed by atoms with Gasteiger partial charge in [0.15, 0.2) is 10.9 Å². The maximum absolute atomic E-state index is 11.6. The van der Waals surface area contributed by atoms with Crippen LogP contribution in [-0.2, 0) is 4.79 Å². The first-order valence-corrected chi connectivity index (χ1v) is 4.65. The van der Waals surface area contributed by atoms with Crippen LogP contribution < -0.4 is 5.73 Å². The van der Waals surface area contributed by atoms with Crippen LogP contribution in [0.3, 0.4) is 0 Å². The molecule has 0 fully saturated rings. The van der Waals surface area contributed by atoms with Crippen molar-refractivity contribution in [2.75, 3.05) is 6.54 Å². The molecular formula is C10H10N2O2S. The molecule has 15 heavy (non-hydrogen) atoms. The van der Waals surface area contributed by atoms with E-state index in [-0.39, 0.29) is 17.4 Å². The Bertz CT molecular complexity index is 378. The molecule has 1 aromatic rings. The summed E-state index contributed by atoms with van der Waals surface area (Å²) in [6.45, 7) is -0.122. The summed E-state index contributed by atoms with van der Waals surface area (Å²) in [6.07, 6.45) is 0.448. The molecule has 4 nitrogen and oxygen atoms in total. The van der Waals surface area contributed by atoms with Gasteiger partial charge in [0.1, 0.15) is 0 Å². The molecule has 0 aliphatic heterocycles. The molecule has 0 aliphatic rings. The molecule has 78 valence electrons. The van der Waals surface area contributed by atoms with Crippen LogP contribution in [0.1, 0.15) is 10.4 Å². The molecule has 0 saturated heterocycles. The second-order valence-electron chi connectivity index (χ2n) is 2.86. The second kappa shape index (κ2) is 5.21. The minimum Gasteiger partial charge on any atom is -0.376 e. The maximum Gasteiger partial charge on any atom is 0.216 e. The van der Waals surface area contributed by atoms with Gasteiger partial charge < -0.3 is 5.73 Å². The van der Waals surface area contributed by atoms with Crippen LogP contribution in [0.2, 0.25) is 0 Å². The van der Waals surface area contributed by atoms with Crippen molar-refractivity contribution < 1.29 is 9.59 Å². The zero-order valence-corrected chi connectivity index (χ0v) is 8.74. The molecule has 0 radical (unpaired) electrons. The fraction of sp³-hybridized carbons (Fsp3) is 0.100. The van der Waals surface area contributed by atoms with Crippen LogP contribution in [-0.4, -0.2) is 28.8 Å². The van der Waals surface area contributed by atoms with Gasteiger partial charge in [0, 0.05) is 5.56 Å². The minimum atomic E-state index is -0.199. The number of carbonyl (C=O) groups excluding carboxylic acids is 2. The van der Waals surface area contributed by atoms with E-state index >= 15 is 0 Å². The zero-order valence-electron chi connectivity index (χ0n) is 7.92. The third kappa shape index (κ3) is 3.14. The number of hydrogen-bond donors (Lipinski definition) is 1. The summed E-state index contributed by atoms with van der Waals surface area (Å²) < 4.78 is 0. The molecule has 0 spiro atoms. The molecule has 2 N–H and O–H groups in total. The van der Waals surface area contributed by atoms with E-state index in [1.807, 2.05) is 6.07 Å². The van der Waals surface area contributed by atoms with Crippen molar-refractivity contribution in [3.05, 3.63) is 35.9 Å². The maximum atomic E-state index is 11.6. The minimum absolute atomic E-state index is 0.103. The van der Waals surface area contributed by atoms with Gasteiger partial charge in [-0.15, -0.1) is 0 Å². The van der Waals surface area contributed by atoms with Crippen LogP contribution in [0.4, 0.5) is 0 Å². The zero-order chi connectivity index (χ0) is 11.3. The number of thiocarbonyl (C=S) groups is 1. The molecule has 0 heterocycles. The Morgan fingerprint density at radius 1 is 1.40 bits per heavy atom. The molecule has 1 aromatic carbocycles. The molecule has 0 bridgehead atoms. The quantitative estimate of drug-likeness (QED) is 0.459. The summed E-state index contributed by atoms with van der Waals surface area (Å²) in [5, 5.41) is -0.103. The van der Waals surface area contributed by atoms with E-state index in [0.29, 0.717) is 12.0 Å². The molecule has 0 aromatic heterocycles. The van der Waals surface area contributed by atoms with Gasteiger partial charge >= 0.3 is 0 Å². The second-order valence-corrected chi connectivity index (χ2v) is 3.28. The lowest BCUT2D eigenvalue weighted by molar-refractivity contribution is -0.114. The van der Waals surface area contributed by atoms with E-state index < -0.39 is 0 Å². The Balaban J connectivity index is 2.71. The highest BCUT2D eigenvalue weighted by Gasteiger charge is 2.12. The highest BCUT2D eigenvalue weighted by molar-refractivity contribution is 7.80. The van der Waals surface area contributed by atoms with Gasteiger partial charge in [-0.25, -0.2) is 0 Å². The molecule has 0 saturated carbocycles. The number of benzene rings is 1. The smallest absolute Gasteiger partial charge is 0.216 e. The lowest BCUT2D eigenvalue weighted by Crippen LogP contribution is -2.38. The van der Waals surface area contributed by atoms with E-state index in [1.165, 1.54) is 0 Å². The van der Waals surface area contributed by atoms with Crippen molar-refractivity contribution in [3.8, 4) is 0 Å². The first-order valence-electron chi connectivity index (χ1n) is 4.24. The number of nitrogens with zero attached hydrogens (tertiary/aromatic N) is 1. The van der Waals surface area contributed by atoms with E-state index in [9.17, 15) is 9.59 Å². The Kier molecular flexibility index (Phi) is 3.93. The average molecular weight is 222 g/mol. The first kappa shape index (κ1) is 11.3. The number of amides is 1. The van der Waals surface area contributed by atoms with Crippen LogP contribution >= 0.6 is 12.2 Å². The third-order valence-corrected chi connectivity index (χ3v) is 2.05. The van der Waals surface area contributed by atoms with Gasteiger partial charge in [0.2, 0.25) is 6.41 Å². The number of rotatable bonds is 4. The van der Waals surface area contributed by atoms with Crippen LogP contribution in [0.5, 0.6) is 0 Å². The number of ketones is 1.